The molecule has 0 unspecified atom stereocenters. The lowest BCUT2D eigenvalue weighted by Gasteiger charge is -2.27. The molecule has 1 aromatic rings. The minimum absolute atomic E-state index is 0. The quantitative estimate of drug-likeness (QED) is 0.913. The maximum Gasteiger partial charge on any atom is 0.243 e. The zero-order chi connectivity index (χ0) is 14.0. The number of hydrogen-bond donors (Lipinski definition) is 1. The predicted octanol–water partition coefficient (Wildman–Crippen LogP) is 1.33. The number of aryl methyl sites for hydroxylation is 2. The molecule has 0 radical (unpaired) electrons. The lowest BCUT2D eigenvalue weighted by molar-refractivity contribution is 0.360. The van der Waals surface area contributed by atoms with Gasteiger partial charge >= 0.3 is 0 Å². The molecule has 20 heavy (non-hydrogen) atoms. The van der Waals surface area contributed by atoms with Gasteiger partial charge in [-0.1, -0.05) is 0 Å². The van der Waals surface area contributed by atoms with Crippen LogP contribution in [0.5, 0.6) is 5.75 Å². The summed E-state index contributed by atoms with van der Waals surface area (Å²) in [6.45, 7) is 6.10. The van der Waals surface area contributed by atoms with Crippen molar-refractivity contribution in [1.82, 2.24) is 9.62 Å². The minimum Gasteiger partial charge on any atom is -0.496 e. The number of halogens is 1. The van der Waals surface area contributed by atoms with Crippen LogP contribution in [0, 0.1) is 13.8 Å². The monoisotopic (exact) mass is 320 g/mol. The van der Waals surface area contributed by atoms with E-state index < -0.39 is 10.0 Å². The second kappa shape index (κ2) is 6.76. The number of rotatable bonds is 3. The Balaban J connectivity index is 0.00000200. The highest BCUT2D eigenvalue weighted by Crippen LogP contribution is 2.27. The summed E-state index contributed by atoms with van der Waals surface area (Å²) in [5.74, 6) is 0.719. The molecule has 0 spiro atoms. The van der Waals surface area contributed by atoms with E-state index in [1.54, 1.807) is 26.2 Å². The fraction of sp³-hybridized carbons (Fsp3) is 0.538. The molecule has 0 saturated carbocycles. The Kier molecular flexibility index (Phi) is 5.82. The molecule has 114 valence electrons. The third-order valence-electron chi connectivity index (χ3n) is 3.39. The maximum absolute atomic E-state index is 12.6. The number of methoxy groups -OCH3 is 1. The van der Waals surface area contributed by atoms with Crippen LogP contribution in [-0.4, -0.2) is 46.0 Å². The van der Waals surface area contributed by atoms with E-state index in [-0.39, 0.29) is 12.4 Å². The normalized spacial score (nSPS) is 16.6. The van der Waals surface area contributed by atoms with Crippen LogP contribution >= 0.6 is 12.4 Å². The highest BCUT2D eigenvalue weighted by atomic mass is 35.5. The van der Waals surface area contributed by atoms with Crippen molar-refractivity contribution in [1.29, 1.82) is 0 Å². The Morgan fingerprint density at radius 3 is 2.30 bits per heavy atom. The summed E-state index contributed by atoms with van der Waals surface area (Å²) in [6.07, 6.45) is 0. The van der Waals surface area contributed by atoms with Crippen molar-refractivity contribution in [2.75, 3.05) is 33.3 Å². The third kappa shape index (κ3) is 3.25. The van der Waals surface area contributed by atoms with E-state index in [9.17, 15) is 8.42 Å². The molecule has 1 aromatic carbocycles. The van der Waals surface area contributed by atoms with Gasteiger partial charge < -0.3 is 10.1 Å². The summed E-state index contributed by atoms with van der Waals surface area (Å²) in [6, 6.07) is 3.48. The van der Waals surface area contributed by atoms with Gasteiger partial charge in [0, 0.05) is 26.2 Å². The highest BCUT2D eigenvalue weighted by molar-refractivity contribution is 7.89. The molecule has 0 atom stereocenters. The number of nitrogens with zero attached hydrogens (tertiary/aromatic N) is 1. The Bertz CT molecular complexity index is 569. The number of sulfonamides is 1. The Labute approximate surface area is 126 Å². The number of piperazine rings is 1. The van der Waals surface area contributed by atoms with Crippen LogP contribution in [0.3, 0.4) is 0 Å². The van der Waals surface area contributed by atoms with Crippen molar-refractivity contribution in [2.45, 2.75) is 18.7 Å². The highest BCUT2D eigenvalue weighted by Gasteiger charge is 2.27. The van der Waals surface area contributed by atoms with Gasteiger partial charge in [0.15, 0.2) is 0 Å². The van der Waals surface area contributed by atoms with Gasteiger partial charge in [-0.15, -0.1) is 12.4 Å². The largest absolute Gasteiger partial charge is 0.496 e. The van der Waals surface area contributed by atoms with E-state index >= 15 is 0 Å². The average molecular weight is 321 g/mol. The summed E-state index contributed by atoms with van der Waals surface area (Å²) >= 11 is 0. The summed E-state index contributed by atoms with van der Waals surface area (Å²) in [5, 5.41) is 3.16. The molecule has 0 amide bonds. The SMILES string of the molecule is COc1cc(C)c(S(=O)(=O)N2CCNCC2)cc1C.Cl. The molecule has 2 rings (SSSR count). The van der Waals surface area contributed by atoms with E-state index in [0.29, 0.717) is 31.1 Å². The summed E-state index contributed by atoms with van der Waals surface area (Å²) in [5.41, 5.74) is 1.56. The molecule has 1 aliphatic heterocycles. The zero-order valence-corrected chi connectivity index (χ0v) is 13.6. The number of benzene rings is 1. The molecular weight excluding hydrogens is 300 g/mol. The number of ether oxygens (including phenoxy) is 1. The first-order chi connectivity index (χ1) is 8.96. The van der Waals surface area contributed by atoms with Crippen LogP contribution in [0.15, 0.2) is 17.0 Å². The smallest absolute Gasteiger partial charge is 0.243 e. The average Bonchev–Trinajstić information content (AvgIpc) is 2.41. The van der Waals surface area contributed by atoms with Gasteiger partial charge in [-0.25, -0.2) is 8.42 Å². The maximum atomic E-state index is 12.6. The van der Waals surface area contributed by atoms with Crippen molar-refractivity contribution in [3.05, 3.63) is 23.3 Å². The van der Waals surface area contributed by atoms with E-state index in [0.717, 1.165) is 16.9 Å². The van der Waals surface area contributed by atoms with Crippen molar-refractivity contribution in [3.8, 4) is 5.75 Å². The van der Waals surface area contributed by atoms with Crippen molar-refractivity contribution in [3.63, 3.8) is 0 Å². The molecule has 0 aromatic heterocycles. The minimum atomic E-state index is -3.40. The molecular formula is C13H21ClN2O3S. The summed E-state index contributed by atoms with van der Waals surface area (Å²) < 4.78 is 32.0. The number of hydrogen-bond acceptors (Lipinski definition) is 4. The van der Waals surface area contributed by atoms with Gasteiger partial charge in [-0.05, 0) is 37.1 Å². The van der Waals surface area contributed by atoms with Crippen LogP contribution in [0.1, 0.15) is 11.1 Å². The van der Waals surface area contributed by atoms with Gasteiger partial charge in [-0.3, -0.25) is 0 Å². The molecule has 7 heteroatoms. The van der Waals surface area contributed by atoms with Crippen LogP contribution in [0.2, 0.25) is 0 Å². The number of nitrogens with one attached hydrogen (secondary N) is 1. The molecule has 5 nitrogen and oxygen atoms in total. The molecule has 1 aliphatic rings. The second-order valence-corrected chi connectivity index (χ2v) is 6.65. The van der Waals surface area contributed by atoms with E-state index in [1.165, 1.54) is 4.31 Å². The van der Waals surface area contributed by atoms with Gasteiger partial charge in [0.25, 0.3) is 0 Å². The first kappa shape index (κ1) is 17.2. The molecule has 1 saturated heterocycles. The van der Waals surface area contributed by atoms with E-state index in [1.807, 2.05) is 6.92 Å². The topological polar surface area (TPSA) is 58.6 Å². The van der Waals surface area contributed by atoms with Crippen LogP contribution < -0.4 is 10.1 Å². The van der Waals surface area contributed by atoms with Crippen LogP contribution in [0.25, 0.3) is 0 Å². The van der Waals surface area contributed by atoms with Gasteiger partial charge in [-0.2, -0.15) is 4.31 Å². The zero-order valence-electron chi connectivity index (χ0n) is 12.0. The van der Waals surface area contributed by atoms with Gasteiger partial charge in [0.1, 0.15) is 5.75 Å². The van der Waals surface area contributed by atoms with Gasteiger partial charge in [0.05, 0.1) is 12.0 Å². The van der Waals surface area contributed by atoms with Crippen molar-refractivity contribution >= 4 is 22.4 Å². The second-order valence-electron chi connectivity index (χ2n) is 4.74. The Morgan fingerprint density at radius 2 is 1.75 bits per heavy atom. The predicted molar refractivity (Wildman–Crippen MR) is 81.3 cm³/mol. The lowest BCUT2D eigenvalue weighted by atomic mass is 10.1. The van der Waals surface area contributed by atoms with Crippen molar-refractivity contribution < 1.29 is 13.2 Å². The molecule has 1 N–H and O–H groups in total. The lowest BCUT2D eigenvalue weighted by Crippen LogP contribution is -2.46. The molecule has 1 fully saturated rings. The first-order valence-corrected chi connectivity index (χ1v) is 7.77. The fourth-order valence-corrected chi connectivity index (χ4v) is 4.02. The standard InChI is InChI=1S/C13H20N2O3S.ClH/c1-10-9-13(11(2)8-12(10)18-3)19(16,17)15-6-4-14-5-7-15;/h8-9,14H,4-7H2,1-3H3;1H. The van der Waals surface area contributed by atoms with Crippen molar-refractivity contribution in [2.24, 2.45) is 0 Å². The summed E-state index contributed by atoms with van der Waals surface area (Å²) in [4.78, 5) is 0.382. The fourth-order valence-electron chi connectivity index (χ4n) is 2.28. The van der Waals surface area contributed by atoms with E-state index in [4.69, 9.17) is 4.74 Å². The summed E-state index contributed by atoms with van der Waals surface area (Å²) in [7, 11) is -1.81. The Morgan fingerprint density at radius 1 is 1.15 bits per heavy atom. The third-order valence-corrected chi connectivity index (χ3v) is 5.43. The van der Waals surface area contributed by atoms with E-state index in [2.05, 4.69) is 5.32 Å². The van der Waals surface area contributed by atoms with Gasteiger partial charge in [0.2, 0.25) is 10.0 Å². The molecule has 1 heterocycles. The van der Waals surface area contributed by atoms with Crippen LogP contribution in [0.4, 0.5) is 0 Å². The molecule has 0 bridgehead atoms. The first-order valence-electron chi connectivity index (χ1n) is 6.33. The molecule has 0 aliphatic carbocycles. The van der Waals surface area contributed by atoms with Crippen LogP contribution in [-0.2, 0) is 10.0 Å². The Hall–Kier alpha value is -0.820.